The molecule has 206 valence electrons. The summed E-state index contributed by atoms with van der Waals surface area (Å²) in [7, 11) is 0. The highest BCUT2D eigenvalue weighted by atomic mass is 16.5. The Bertz CT molecular complexity index is 678. The molecular formula is C32H54O4. The highest BCUT2D eigenvalue weighted by molar-refractivity contribution is 6.03. The molecule has 0 N–H and O–H groups in total. The number of carbonyl (C=O) groups excluding carboxylic acids is 2. The van der Waals surface area contributed by atoms with E-state index in [4.69, 9.17) is 9.47 Å². The van der Waals surface area contributed by atoms with Gasteiger partial charge in [0.05, 0.1) is 24.3 Å². The van der Waals surface area contributed by atoms with Crippen LogP contribution in [-0.2, 0) is 9.47 Å². The first-order chi connectivity index (χ1) is 17.6. The Hall–Kier alpha value is -1.84. The zero-order chi connectivity index (χ0) is 26.3. The van der Waals surface area contributed by atoms with E-state index in [1.54, 1.807) is 24.3 Å². The third kappa shape index (κ3) is 15.3. The Kier molecular flexibility index (Phi) is 20.0. The second-order valence-corrected chi connectivity index (χ2v) is 10.3. The van der Waals surface area contributed by atoms with E-state index in [9.17, 15) is 9.59 Å². The molecule has 0 heterocycles. The minimum Gasteiger partial charge on any atom is -0.462 e. The third-order valence-electron chi connectivity index (χ3n) is 6.94. The summed E-state index contributed by atoms with van der Waals surface area (Å²) in [6.45, 7) is 7.37. The molecule has 0 saturated heterocycles. The van der Waals surface area contributed by atoms with E-state index in [1.807, 2.05) is 0 Å². The Morgan fingerprint density at radius 2 is 1.00 bits per heavy atom. The van der Waals surface area contributed by atoms with Crippen molar-refractivity contribution in [3.8, 4) is 0 Å². The van der Waals surface area contributed by atoms with Crippen LogP contribution in [0.25, 0.3) is 0 Å². The molecule has 0 unspecified atom stereocenters. The zero-order valence-corrected chi connectivity index (χ0v) is 23.7. The maximum atomic E-state index is 12.7. The zero-order valence-electron chi connectivity index (χ0n) is 23.7. The molecule has 0 radical (unpaired) electrons. The van der Waals surface area contributed by atoms with Gasteiger partial charge in [0.25, 0.3) is 0 Å². The predicted octanol–water partition coefficient (Wildman–Crippen LogP) is 9.70. The lowest BCUT2D eigenvalue weighted by Gasteiger charge is -2.16. The number of ether oxygens (including phenoxy) is 2. The van der Waals surface area contributed by atoms with Crippen LogP contribution < -0.4 is 0 Å². The number of unbranched alkanes of at least 4 members (excludes halogenated alkanes) is 13. The van der Waals surface area contributed by atoms with Crippen LogP contribution in [0.5, 0.6) is 0 Å². The summed E-state index contributed by atoms with van der Waals surface area (Å²) in [4.78, 5) is 25.3. The highest BCUT2D eigenvalue weighted by Gasteiger charge is 2.20. The lowest BCUT2D eigenvalue weighted by atomic mass is 9.99. The van der Waals surface area contributed by atoms with Crippen LogP contribution in [0.4, 0.5) is 0 Å². The van der Waals surface area contributed by atoms with Crippen molar-refractivity contribution in [1.29, 1.82) is 0 Å². The van der Waals surface area contributed by atoms with Gasteiger partial charge in [-0.25, -0.2) is 9.59 Å². The normalized spacial score (nSPS) is 11.1. The van der Waals surface area contributed by atoms with Crippen molar-refractivity contribution in [2.75, 3.05) is 13.2 Å². The largest absolute Gasteiger partial charge is 0.462 e. The van der Waals surface area contributed by atoms with E-state index in [-0.39, 0.29) is 0 Å². The van der Waals surface area contributed by atoms with Gasteiger partial charge in [0.1, 0.15) is 0 Å². The quantitative estimate of drug-likeness (QED) is 0.110. The molecule has 1 aromatic carbocycles. The topological polar surface area (TPSA) is 52.6 Å². The second kappa shape index (κ2) is 22.4. The first-order valence-corrected chi connectivity index (χ1v) is 15.1. The van der Waals surface area contributed by atoms with E-state index in [1.165, 1.54) is 77.0 Å². The fraction of sp³-hybridized carbons (Fsp3) is 0.750. The van der Waals surface area contributed by atoms with Gasteiger partial charge in [0, 0.05) is 0 Å². The summed E-state index contributed by atoms with van der Waals surface area (Å²) in [5.41, 5.74) is 0.602. The fourth-order valence-electron chi connectivity index (χ4n) is 4.78. The Morgan fingerprint density at radius 3 is 1.44 bits per heavy atom. The summed E-state index contributed by atoms with van der Waals surface area (Å²) in [6, 6.07) is 6.83. The van der Waals surface area contributed by atoms with Crippen LogP contribution in [0.3, 0.4) is 0 Å². The molecule has 0 amide bonds. The molecule has 0 aliphatic rings. The van der Waals surface area contributed by atoms with E-state index in [0.717, 1.165) is 38.5 Å². The van der Waals surface area contributed by atoms with E-state index >= 15 is 0 Å². The average Bonchev–Trinajstić information content (AvgIpc) is 2.89. The molecule has 0 aliphatic carbocycles. The molecule has 0 aromatic heterocycles. The Labute approximate surface area is 221 Å². The van der Waals surface area contributed by atoms with Gasteiger partial charge < -0.3 is 9.47 Å². The first kappa shape index (κ1) is 32.2. The lowest BCUT2D eigenvalue weighted by molar-refractivity contribution is 0.0402. The molecule has 0 atom stereocenters. The molecule has 0 fully saturated rings. The minimum absolute atomic E-state index is 0.301. The summed E-state index contributed by atoms with van der Waals surface area (Å²) >= 11 is 0. The molecule has 0 bridgehead atoms. The molecular weight excluding hydrogens is 448 g/mol. The molecule has 4 nitrogen and oxygen atoms in total. The second-order valence-electron chi connectivity index (χ2n) is 10.3. The summed E-state index contributed by atoms with van der Waals surface area (Å²) in [5, 5.41) is 0. The number of hydrogen-bond donors (Lipinski definition) is 0. The van der Waals surface area contributed by atoms with Crippen molar-refractivity contribution in [3.63, 3.8) is 0 Å². The van der Waals surface area contributed by atoms with Crippen LogP contribution in [0, 0.1) is 5.92 Å². The van der Waals surface area contributed by atoms with Crippen molar-refractivity contribution >= 4 is 11.9 Å². The van der Waals surface area contributed by atoms with Gasteiger partial charge in [-0.05, 0) is 37.3 Å². The lowest BCUT2D eigenvalue weighted by Crippen LogP contribution is -2.18. The molecule has 36 heavy (non-hydrogen) atoms. The van der Waals surface area contributed by atoms with Crippen LogP contribution in [0.1, 0.15) is 157 Å². The molecule has 1 aromatic rings. The average molecular weight is 503 g/mol. The van der Waals surface area contributed by atoms with Crippen LogP contribution >= 0.6 is 0 Å². The van der Waals surface area contributed by atoms with Crippen LogP contribution in [0.15, 0.2) is 24.3 Å². The van der Waals surface area contributed by atoms with Crippen molar-refractivity contribution in [2.24, 2.45) is 5.92 Å². The van der Waals surface area contributed by atoms with Crippen molar-refractivity contribution in [3.05, 3.63) is 35.4 Å². The maximum Gasteiger partial charge on any atom is 0.339 e. The van der Waals surface area contributed by atoms with E-state index in [0.29, 0.717) is 30.3 Å². The molecule has 0 aliphatic heterocycles. The molecule has 0 spiro atoms. The van der Waals surface area contributed by atoms with Crippen molar-refractivity contribution < 1.29 is 19.1 Å². The molecule has 4 heteroatoms. The van der Waals surface area contributed by atoms with Gasteiger partial charge >= 0.3 is 11.9 Å². The van der Waals surface area contributed by atoms with Gasteiger partial charge in [-0.1, -0.05) is 129 Å². The highest BCUT2D eigenvalue weighted by Crippen LogP contribution is 2.17. The smallest absolute Gasteiger partial charge is 0.339 e. The van der Waals surface area contributed by atoms with Gasteiger partial charge in [0.15, 0.2) is 0 Å². The Balaban J connectivity index is 2.19. The summed E-state index contributed by atoms with van der Waals surface area (Å²) in [5.74, 6) is -0.490. The SMILES string of the molecule is CCCCCCCCCCCCCCCCOC(=O)c1ccccc1C(=O)OCC(CCC)CCC. The van der Waals surface area contributed by atoms with Crippen LogP contribution in [0.2, 0.25) is 0 Å². The standard InChI is InChI=1S/C32H54O4/c1-4-7-8-9-10-11-12-13-14-15-16-17-18-21-26-35-31(33)29-24-19-20-25-30(29)32(34)36-27-28(22-5-2)23-6-3/h19-20,24-25,28H,4-18,21-23,26-27H2,1-3H3. The maximum absolute atomic E-state index is 12.7. The number of esters is 2. The first-order valence-electron chi connectivity index (χ1n) is 15.1. The van der Waals surface area contributed by atoms with Crippen molar-refractivity contribution in [2.45, 2.75) is 136 Å². The van der Waals surface area contributed by atoms with Crippen LogP contribution in [-0.4, -0.2) is 25.2 Å². The Morgan fingerprint density at radius 1 is 0.583 bits per heavy atom. The van der Waals surface area contributed by atoms with Gasteiger partial charge in [0.2, 0.25) is 0 Å². The van der Waals surface area contributed by atoms with Gasteiger partial charge in [-0.3, -0.25) is 0 Å². The van der Waals surface area contributed by atoms with Crippen molar-refractivity contribution in [1.82, 2.24) is 0 Å². The predicted molar refractivity (Wildman–Crippen MR) is 151 cm³/mol. The fourth-order valence-corrected chi connectivity index (χ4v) is 4.78. The number of benzene rings is 1. The molecule has 0 saturated carbocycles. The molecule has 1 rings (SSSR count). The monoisotopic (exact) mass is 502 g/mol. The summed E-state index contributed by atoms with van der Waals surface area (Å²) < 4.78 is 11.1. The number of hydrogen-bond acceptors (Lipinski definition) is 4. The third-order valence-corrected chi connectivity index (χ3v) is 6.94. The van der Waals surface area contributed by atoms with Gasteiger partial charge in [-0.2, -0.15) is 0 Å². The minimum atomic E-state index is -0.434. The van der Waals surface area contributed by atoms with E-state index in [2.05, 4.69) is 20.8 Å². The summed E-state index contributed by atoms with van der Waals surface area (Å²) in [6.07, 6.45) is 22.4. The number of rotatable bonds is 23. The van der Waals surface area contributed by atoms with Gasteiger partial charge in [-0.15, -0.1) is 0 Å². The van der Waals surface area contributed by atoms with E-state index < -0.39 is 11.9 Å². The number of carbonyl (C=O) groups is 2.